The summed E-state index contributed by atoms with van der Waals surface area (Å²) in [5.41, 5.74) is 5.81. The molecule has 4 N–H and O–H groups in total. The van der Waals surface area contributed by atoms with E-state index in [9.17, 15) is 9.59 Å². The molecule has 1 atom stereocenters. The standard InChI is InChI=1S/C12H19N5O3S/c1-7-10(18)14-3-5-17(7)11(19)8-9(13)16-12(21-8)15-4-6-20-2/h7H,3-6,13H2,1-2H3,(H,14,18)(H,15,16). The summed E-state index contributed by atoms with van der Waals surface area (Å²) in [5.74, 6) is -0.230. The normalized spacial score (nSPS) is 18.5. The van der Waals surface area contributed by atoms with E-state index in [0.717, 1.165) is 0 Å². The molecule has 0 aliphatic carbocycles. The molecule has 21 heavy (non-hydrogen) atoms. The van der Waals surface area contributed by atoms with Crippen LogP contribution in [0, 0.1) is 0 Å². The van der Waals surface area contributed by atoms with Crippen LogP contribution in [0.15, 0.2) is 0 Å². The van der Waals surface area contributed by atoms with Crippen LogP contribution in [0.3, 0.4) is 0 Å². The SMILES string of the molecule is COCCNc1nc(N)c(C(=O)N2CCNC(=O)C2C)s1. The minimum absolute atomic E-state index is 0.156. The fourth-order valence-corrected chi connectivity index (χ4v) is 2.88. The number of hydrogen-bond acceptors (Lipinski definition) is 7. The number of rotatable bonds is 5. The number of nitrogens with zero attached hydrogens (tertiary/aromatic N) is 2. The van der Waals surface area contributed by atoms with Crippen LogP contribution in [-0.4, -0.2) is 61.1 Å². The maximum Gasteiger partial charge on any atom is 0.268 e. The summed E-state index contributed by atoms with van der Waals surface area (Å²) in [6, 6.07) is -0.502. The Bertz CT molecular complexity index is 533. The third kappa shape index (κ3) is 3.42. The molecule has 0 saturated carbocycles. The van der Waals surface area contributed by atoms with Crippen molar-refractivity contribution in [1.82, 2.24) is 15.2 Å². The lowest BCUT2D eigenvalue weighted by Gasteiger charge is -2.32. The molecule has 1 aromatic heterocycles. The van der Waals surface area contributed by atoms with Gasteiger partial charge in [-0.1, -0.05) is 11.3 Å². The van der Waals surface area contributed by atoms with E-state index in [4.69, 9.17) is 10.5 Å². The number of nitrogens with two attached hydrogens (primary N) is 1. The molecule has 2 heterocycles. The van der Waals surface area contributed by atoms with E-state index >= 15 is 0 Å². The van der Waals surface area contributed by atoms with Gasteiger partial charge in [0, 0.05) is 26.7 Å². The Labute approximate surface area is 126 Å². The molecule has 1 fully saturated rings. The van der Waals surface area contributed by atoms with Crippen LogP contribution < -0.4 is 16.4 Å². The molecule has 1 aromatic rings. The lowest BCUT2D eigenvalue weighted by atomic mass is 10.2. The highest BCUT2D eigenvalue weighted by Gasteiger charge is 2.32. The number of aromatic nitrogens is 1. The summed E-state index contributed by atoms with van der Waals surface area (Å²) in [6.07, 6.45) is 0. The van der Waals surface area contributed by atoms with Crippen molar-refractivity contribution in [1.29, 1.82) is 0 Å². The number of hydrogen-bond donors (Lipinski definition) is 3. The van der Waals surface area contributed by atoms with Crippen molar-refractivity contribution in [2.45, 2.75) is 13.0 Å². The molecule has 0 spiro atoms. The van der Waals surface area contributed by atoms with Crippen molar-refractivity contribution in [2.24, 2.45) is 0 Å². The summed E-state index contributed by atoms with van der Waals surface area (Å²) >= 11 is 1.19. The van der Waals surface area contributed by atoms with Gasteiger partial charge in [-0.2, -0.15) is 0 Å². The van der Waals surface area contributed by atoms with Crippen LogP contribution >= 0.6 is 11.3 Å². The van der Waals surface area contributed by atoms with Gasteiger partial charge < -0.3 is 26.0 Å². The molecule has 116 valence electrons. The molecule has 8 nitrogen and oxygen atoms in total. The number of carbonyl (C=O) groups excluding carboxylic acids is 2. The van der Waals surface area contributed by atoms with Crippen molar-refractivity contribution in [3.05, 3.63) is 4.88 Å². The summed E-state index contributed by atoms with van der Waals surface area (Å²) in [4.78, 5) is 30.1. The lowest BCUT2D eigenvalue weighted by Crippen LogP contribution is -2.55. The molecule has 1 aliphatic rings. The summed E-state index contributed by atoms with van der Waals surface area (Å²) in [5, 5.41) is 6.33. The van der Waals surface area contributed by atoms with E-state index in [1.54, 1.807) is 14.0 Å². The van der Waals surface area contributed by atoms with Gasteiger partial charge in [-0.3, -0.25) is 9.59 Å². The van der Waals surface area contributed by atoms with Gasteiger partial charge in [0.1, 0.15) is 16.7 Å². The first-order chi connectivity index (χ1) is 10.0. The smallest absolute Gasteiger partial charge is 0.268 e. The van der Waals surface area contributed by atoms with E-state index in [0.29, 0.717) is 36.2 Å². The first-order valence-electron chi connectivity index (χ1n) is 6.62. The molecular formula is C12H19N5O3S. The first-order valence-corrected chi connectivity index (χ1v) is 7.44. The van der Waals surface area contributed by atoms with Crippen LogP contribution in [0.5, 0.6) is 0 Å². The van der Waals surface area contributed by atoms with Crippen LogP contribution in [0.2, 0.25) is 0 Å². The van der Waals surface area contributed by atoms with Gasteiger partial charge in [0.25, 0.3) is 5.91 Å². The summed E-state index contributed by atoms with van der Waals surface area (Å²) in [6.45, 7) is 3.73. The minimum Gasteiger partial charge on any atom is -0.383 e. The Hall–Kier alpha value is -1.87. The van der Waals surface area contributed by atoms with Gasteiger partial charge in [-0.15, -0.1) is 0 Å². The Morgan fingerprint density at radius 2 is 2.43 bits per heavy atom. The topological polar surface area (TPSA) is 110 Å². The van der Waals surface area contributed by atoms with Gasteiger partial charge in [0.2, 0.25) is 5.91 Å². The second kappa shape index (κ2) is 6.72. The zero-order valence-corrected chi connectivity index (χ0v) is 12.8. The number of amides is 2. The molecule has 0 radical (unpaired) electrons. The van der Waals surface area contributed by atoms with Crippen LogP contribution in [0.4, 0.5) is 10.9 Å². The third-order valence-electron chi connectivity index (χ3n) is 3.19. The van der Waals surface area contributed by atoms with Crippen molar-refractivity contribution < 1.29 is 14.3 Å². The number of nitrogens with one attached hydrogen (secondary N) is 2. The van der Waals surface area contributed by atoms with Crippen molar-refractivity contribution in [3.63, 3.8) is 0 Å². The van der Waals surface area contributed by atoms with E-state index in [2.05, 4.69) is 15.6 Å². The molecule has 0 bridgehead atoms. The predicted molar refractivity (Wildman–Crippen MR) is 80.4 cm³/mol. The van der Waals surface area contributed by atoms with E-state index in [1.807, 2.05) is 0 Å². The molecular weight excluding hydrogens is 294 g/mol. The van der Waals surface area contributed by atoms with E-state index in [-0.39, 0.29) is 17.6 Å². The average Bonchev–Trinajstić information content (AvgIpc) is 2.82. The summed E-state index contributed by atoms with van der Waals surface area (Å²) < 4.78 is 4.93. The van der Waals surface area contributed by atoms with Crippen molar-refractivity contribution in [2.75, 3.05) is 44.4 Å². The summed E-state index contributed by atoms with van der Waals surface area (Å²) in [7, 11) is 1.61. The molecule has 9 heteroatoms. The Morgan fingerprint density at radius 1 is 1.67 bits per heavy atom. The maximum atomic E-state index is 12.5. The van der Waals surface area contributed by atoms with Gasteiger partial charge in [0.15, 0.2) is 5.13 Å². The quantitative estimate of drug-likeness (QED) is 0.646. The predicted octanol–water partition coefficient (Wildman–Crippen LogP) is -0.256. The zero-order valence-electron chi connectivity index (χ0n) is 12.0. The molecule has 1 aliphatic heterocycles. The molecule has 1 saturated heterocycles. The Kier molecular flexibility index (Phi) is 4.97. The fourth-order valence-electron chi connectivity index (χ4n) is 2.01. The second-order valence-electron chi connectivity index (χ2n) is 4.62. The van der Waals surface area contributed by atoms with Gasteiger partial charge in [-0.05, 0) is 6.92 Å². The number of carbonyl (C=O) groups is 2. The highest BCUT2D eigenvalue weighted by molar-refractivity contribution is 7.18. The van der Waals surface area contributed by atoms with Crippen LogP contribution in [0.1, 0.15) is 16.6 Å². The first kappa shape index (κ1) is 15.5. The average molecular weight is 313 g/mol. The molecule has 0 aromatic carbocycles. The highest BCUT2D eigenvalue weighted by atomic mass is 32.1. The molecule has 1 unspecified atom stereocenters. The number of nitrogen functional groups attached to an aromatic ring is 1. The number of piperazine rings is 1. The Morgan fingerprint density at radius 3 is 3.14 bits per heavy atom. The largest absolute Gasteiger partial charge is 0.383 e. The number of anilines is 2. The third-order valence-corrected chi connectivity index (χ3v) is 4.21. The van der Waals surface area contributed by atoms with Gasteiger partial charge in [-0.25, -0.2) is 4.98 Å². The lowest BCUT2D eigenvalue weighted by molar-refractivity contribution is -0.127. The molecule has 2 amide bonds. The number of methoxy groups -OCH3 is 1. The number of ether oxygens (including phenoxy) is 1. The second-order valence-corrected chi connectivity index (χ2v) is 5.62. The highest BCUT2D eigenvalue weighted by Crippen LogP contribution is 2.27. The van der Waals surface area contributed by atoms with Crippen molar-refractivity contribution >= 4 is 34.1 Å². The number of thiazole rings is 1. The Balaban J connectivity index is 2.10. The van der Waals surface area contributed by atoms with Gasteiger partial charge >= 0.3 is 0 Å². The van der Waals surface area contributed by atoms with Crippen LogP contribution in [0.25, 0.3) is 0 Å². The van der Waals surface area contributed by atoms with Crippen molar-refractivity contribution in [3.8, 4) is 0 Å². The minimum atomic E-state index is -0.502. The zero-order chi connectivity index (χ0) is 15.4. The van der Waals surface area contributed by atoms with Gasteiger partial charge in [0.05, 0.1) is 6.61 Å². The van der Waals surface area contributed by atoms with E-state index in [1.165, 1.54) is 16.2 Å². The fraction of sp³-hybridized carbons (Fsp3) is 0.583. The molecule has 2 rings (SSSR count). The monoisotopic (exact) mass is 313 g/mol. The van der Waals surface area contributed by atoms with Crippen LogP contribution in [-0.2, 0) is 9.53 Å². The maximum absolute atomic E-state index is 12.5. The van der Waals surface area contributed by atoms with E-state index < -0.39 is 6.04 Å².